The minimum Gasteiger partial charge on any atom is -0.486 e. The predicted molar refractivity (Wildman–Crippen MR) is 186 cm³/mol. The topological polar surface area (TPSA) is 51.8 Å². The van der Waals surface area contributed by atoms with Crippen LogP contribution in [0.1, 0.15) is 22.4 Å². The van der Waals surface area contributed by atoms with E-state index in [1.165, 1.54) is 22.3 Å². The van der Waals surface area contributed by atoms with Gasteiger partial charge in [0.1, 0.15) is 0 Å². The van der Waals surface area contributed by atoms with Gasteiger partial charge >= 0.3 is 0 Å². The summed E-state index contributed by atoms with van der Waals surface area (Å²) in [6, 6.07) is 49.5. The van der Waals surface area contributed by atoms with Crippen LogP contribution in [-0.4, -0.2) is 15.0 Å². The second kappa shape index (κ2) is 14.5. The molecule has 0 N–H and O–H groups in total. The Labute approximate surface area is 288 Å². The third kappa shape index (κ3) is 7.12. The normalized spacial score (nSPS) is 10.7. The van der Waals surface area contributed by atoms with Gasteiger partial charge in [0.25, 0.3) is 0 Å². The maximum Gasteiger partial charge on any atom is 0.216 e. The van der Waals surface area contributed by atoms with Crippen molar-refractivity contribution >= 4 is 22.1 Å². The third-order valence-electron chi connectivity index (χ3n) is 7.95. The van der Waals surface area contributed by atoms with Gasteiger partial charge in [0.2, 0.25) is 5.71 Å². The molecule has 4 aromatic heterocycles. The number of pyridine rings is 3. The summed E-state index contributed by atoms with van der Waals surface area (Å²) in [6.07, 6.45) is 4.49. The van der Waals surface area contributed by atoms with Crippen LogP contribution in [0.3, 0.4) is 0 Å². The Morgan fingerprint density at radius 3 is 2.30 bits per heavy atom. The summed E-state index contributed by atoms with van der Waals surface area (Å²) < 4.78 is 6.30. The molecule has 0 bridgehead atoms. The van der Waals surface area contributed by atoms with Crippen molar-refractivity contribution in [2.45, 2.75) is 20.3 Å². The Hall–Kier alpha value is -5.22. The standard InChI is InChI=1S/C30H21N2O.C12H10N.Ir/c1-20-8-5-6-11-24(20)22-16-17-31-28(19-22)27-13-7-12-25-26-15-14-23(32-30(26)33-29(25)27)18-21-9-3-2-4-10-21;1-10-7-8-12(13-9-10)11-5-3-2-4-6-11;/h2-12,14-17,19H,18H2,1H3;2-5,7-9H,1H3;/q2*-1;. The van der Waals surface area contributed by atoms with E-state index in [4.69, 9.17) is 9.40 Å². The van der Waals surface area contributed by atoms with E-state index in [1.54, 1.807) is 0 Å². The van der Waals surface area contributed by atoms with Crippen molar-refractivity contribution in [3.05, 3.63) is 174 Å². The first kappa shape index (κ1) is 31.7. The van der Waals surface area contributed by atoms with E-state index < -0.39 is 0 Å². The quantitative estimate of drug-likeness (QED) is 0.163. The summed E-state index contributed by atoms with van der Waals surface area (Å²) in [7, 11) is 0. The number of rotatable bonds is 5. The molecule has 0 saturated heterocycles. The van der Waals surface area contributed by atoms with E-state index in [0.717, 1.165) is 56.5 Å². The van der Waals surface area contributed by atoms with Gasteiger partial charge in [-0.15, -0.1) is 54.1 Å². The van der Waals surface area contributed by atoms with E-state index in [-0.39, 0.29) is 20.1 Å². The molecule has 0 saturated carbocycles. The van der Waals surface area contributed by atoms with Gasteiger partial charge in [-0.05, 0) is 71.3 Å². The maximum absolute atomic E-state index is 6.30. The summed E-state index contributed by atoms with van der Waals surface area (Å²) in [5.41, 5.74) is 12.1. The maximum atomic E-state index is 6.30. The van der Waals surface area contributed by atoms with Gasteiger partial charge in [-0.1, -0.05) is 83.7 Å². The number of benzene rings is 4. The smallest absolute Gasteiger partial charge is 0.216 e. The minimum absolute atomic E-state index is 0. The van der Waals surface area contributed by atoms with E-state index in [9.17, 15) is 0 Å². The zero-order valence-electron chi connectivity index (χ0n) is 26.1. The van der Waals surface area contributed by atoms with Crippen LogP contribution >= 0.6 is 0 Å². The van der Waals surface area contributed by atoms with E-state index in [1.807, 2.05) is 73.9 Å². The molecule has 4 nitrogen and oxygen atoms in total. The van der Waals surface area contributed by atoms with Crippen LogP contribution in [0, 0.1) is 26.0 Å². The van der Waals surface area contributed by atoms with Crippen LogP contribution in [0.2, 0.25) is 0 Å². The number of furan rings is 1. The Kier molecular flexibility index (Phi) is 9.77. The summed E-state index contributed by atoms with van der Waals surface area (Å²) in [4.78, 5) is 13.8. The average Bonchev–Trinajstić information content (AvgIpc) is 3.48. The largest absolute Gasteiger partial charge is 0.486 e. The number of fused-ring (bicyclic) bond motifs is 3. The summed E-state index contributed by atoms with van der Waals surface area (Å²) in [6.45, 7) is 4.16. The molecule has 0 spiro atoms. The Morgan fingerprint density at radius 2 is 1.51 bits per heavy atom. The molecule has 0 fully saturated rings. The van der Waals surface area contributed by atoms with Crippen LogP contribution < -0.4 is 0 Å². The van der Waals surface area contributed by atoms with Gasteiger partial charge in [0.05, 0.1) is 5.58 Å². The summed E-state index contributed by atoms with van der Waals surface area (Å²) in [5.74, 6) is 0. The van der Waals surface area contributed by atoms with Crippen molar-refractivity contribution < 1.29 is 24.5 Å². The third-order valence-corrected chi connectivity index (χ3v) is 7.95. The first-order valence-corrected chi connectivity index (χ1v) is 15.3. The monoisotopic (exact) mass is 786 g/mol. The molecule has 0 unspecified atom stereocenters. The van der Waals surface area contributed by atoms with Gasteiger partial charge in [-0.2, -0.15) is 0 Å². The van der Waals surface area contributed by atoms with Gasteiger partial charge in [0, 0.05) is 50.0 Å². The molecule has 4 heterocycles. The number of aromatic nitrogens is 3. The first-order chi connectivity index (χ1) is 22.6. The molecule has 8 rings (SSSR count). The number of hydrogen-bond acceptors (Lipinski definition) is 4. The molecule has 0 aliphatic carbocycles. The zero-order chi connectivity index (χ0) is 31.3. The summed E-state index contributed by atoms with van der Waals surface area (Å²) >= 11 is 0. The first-order valence-electron chi connectivity index (χ1n) is 15.3. The van der Waals surface area contributed by atoms with Crippen molar-refractivity contribution in [2.75, 3.05) is 0 Å². The Balaban J connectivity index is 0.000000232. The SMILES string of the molecule is Cc1ccc(-c2[c-]cccc2)nc1.Cc1ccccc1-c1ccnc(-c2[c-]ccc3c2oc2nc(Cc4ccccc4)ccc23)c1.[Ir]. The molecule has 5 heteroatoms. The Morgan fingerprint density at radius 1 is 0.681 bits per heavy atom. The van der Waals surface area contributed by atoms with Gasteiger partial charge < -0.3 is 14.4 Å². The van der Waals surface area contributed by atoms with Crippen LogP contribution in [0.15, 0.2) is 144 Å². The van der Waals surface area contributed by atoms with E-state index in [0.29, 0.717) is 5.71 Å². The molecule has 47 heavy (non-hydrogen) atoms. The fourth-order valence-corrected chi connectivity index (χ4v) is 5.57. The fourth-order valence-electron chi connectivity index (χ4n) is 5.57. The molecular weight excluding hydrogens is 755 g/mol. The van der Waals surface area contributed by atoms with Crippen molar-refractivity contribution in [2.24, 2.45) is 0 Å². The second-order valence-electron chi connectivity index (χ2n) is 11.3. The van der Waals surface area contributed by atoms with E-state index >= 15 is 0 Å². The van der Waals surface area contributed by atoms with Crippen LogP contribution in [0.25, 0.3) is 55.7 Å². The van der Waals surface area contributed by atoms with Gasteiger partial charge in [-0.25, -0.2) is 4.98 Å². The van der Waals surface area contributed by atoms with Gasteiger partial charge in [0.15, 0.2) is 0 Å². The van der Waals surface area contributed by atoms with Crippen molar-refractivity contribution in [3.63, 3.8) is 0 Å². The minimum atomic E-state index is 0. The van der Waals surface area contributed by atoms with E-state index in [2.05, 4.69) is 102 Å². The molecule has 8 aromatic rings. The molecule has 4 aromatic carbocycles. The molecule has 0 amide bonds. The molecule has 0 aliphatic heterocycles. The predicted octanol–water partition coefficient (Wildman–Crippen LogP) is 10.3. The van der Waals surface area contributed by atoms with Crippen molar-refractivity contribution in [1.29, 1.82) is 0 Å². The number of hydrogen-bond donors (Lipinski definition) is 0. The second-order valence-corrected chi connectivity index (χ2v) is 11.3. The van der Waals surface area contributed by atoms with Crippen LogP contribution in [0.4, 0.5) is 0 Å². The van der Waals surface area contributed by atoms with Crippen molar-refractivity contribution in [3.8, 4) is 33.6 Å². The van der Waals surface area contributed by atoms with Crippen LogP contribution in [0.5, 0.6) is 0 Å². The molecule has 0 atom stereocenters. The van der Waals surface area contributed by atoms with Gasteiger partial charge in [-0.3, -0.25) is 0 Å². The molecule has 1 radical (unpaired) electrons. The number of aryl methyl sites for hydroxylation is 2. The summed E-state index contributed by atoms with van der Waals surface area (Å²) in [5, 5.41) is 2.03. The molecular formula is C42H31IrN3O-2. The zero-order valence-corrected chi connectivity index (χ0v) is 28.5. The van der Waals surface area contributed by atoms with Crippen LogP contribution in [-0.2, 0) is 26.5 Å². The molecule has 0 aliphatic rings. The Bertz CT molecular complexity index is 2250. The molecule has 231 valence electrons. The fraction of sp³-hybridized carbons (Fsp3) is 0.0714. The van der Waals surface area contributed by atoms with Crippen molar-refractivity contribution in [1.82, 2.24) is 15.0 Å². The number of nitrogens with zero attached hydrogens (tertiary/aromatic N) is 3. The average molecular weight is 786 g/mol.